The summed E-state index contributed by atoms with van der Waals surface area (Å²) in [4.78, 5) is 31.4. The first-order valence-corrected chi connectivity index (χ1v) is 10.1. The molecule has 28 heavy (non-hydrogen) atoms. The van der Waals surface area contributed by atoms with Gasteiger partial charge in [-0.05, 0) is 24.8 Å². The molecule has 1 saturated heterocycles. The third-order valence-corrected chi connectivity index (χ3v) is 5.80. The number of rotatable bonds is 5. The van der Waals surface area contributed by atoms with Crippen LogP contribution in [0.1, 0.15) is 31.0 Å². The van der Waals surface area contributed by atoms with Gasteiger partial charge in [0.05, 0.1) is 5.69 Å². The average Bonchev–Trinajstić information content (AvgIpc) is 3.36. The van der Waals surface area contributed by atoms with E-state index in [1.807, 2.05) is 35.2 Å². The number of amides is 1. The van der Waals surface area contributed by atoms with Crippen molar-refractivity contribution in [2.24, 2.45) is 0 Å². The molecule has 1 aromatic carbocycles. The SMILES string of the molecule is CCc1nc2sc(N3CCCC3C(=O)NCc3ccccc3)nn2c(=O)c1F. The van der Waals surface area contributed by atoms with Crippen molar-refractivity contribution in [3.05, 3.63) is 57.8 Å². The maximum absolute atomic E-state index is 14.1. The molecule has 1 aliphatic heterocycles. The molecule has 0 bridgehead atoms. The first-order chi connectivity index (χ1) is 13.6. The third-order valence-electron chi connectivity index (χ3n) is 4.86. The smallest absolute Gasteiger partial charge is 0.311 e. The van der Waals surface area contributed by atoms with Gasteiger partial charge in [-0.3, -0.25) is 9.59 Å². The lowest BCUT2D eigenvalue weighted by Crippen LogP contribution is -2.43. The van der Waals surface area contributed by atoms with Gasteiger partial charge in [-0.25, -0.2) is 4.98 Å². The molecule has 1 atom stereocenters. The van der Waals surface area contributed by atoms with E-state index in [-0.39, 0.29) is 17.6 Å². The Morgan fingerprint density at radius 3 is 2.89 bits per heavy atom. The molecule has 146 valence electrons. The highest BCUT2D eigenvalue weighted by Gasteiger charge is 2.33. The summed E-state index contributed by atoms with van der Waals surface area (Å²) in [6.07, 6.45) is 1.88. The van der Waals surface area contributed by atoms with Crippen LogP contribution in [0.3, 0.4) is 0 Å². The summed E-state index contributed by atoms with van der Waals surface area (Å²) < 4.78 is 15.1. The van der Waals surface area contributed by atoms with Crippen LogP contribution in [0.5, 0.6) is 0 Å². The summed E-state index contributed by atoms with van der Waals surface area (Å²) in [7, 11) is 0. The molecule has 1 amide bonds. The van der Waals surface area contributed by atoms with Crippen molar-refractivity contribution in [2.45, 2.75) is 38.8 Å². The molecule has 1 aliphatic rings. The Labute approximate surface area is 164 Å². The van der Waals surface area contributed by atoms with Crippen LogP contribution < -0.4 is 15.8 Å². The highest BCUT2D eigenvalue weighted by Crippen LogP contribution is 2.29. The van der Waals surface area contributed by atoms with Crippen LogP contribution in [0.4, 0.5) is 9.52 Å². The van der Waals surface area contributed by atoms with E-state index in [1.165, 1.54) is 11.3 Å². The molecule has 4 rings (SSSR count). The zero-order chi connectivity index (χ0) is 19.7. The number of halogens is 1. The fourth-order valence-electron chi connectivity index (χ4n) is 3.38. The Hall–Kier alpha value is -2.81. The second kappa shape index (κ2) is 7.67. The summed E-state index contributed by atoms with van der Waals surface area (Å²) in [6, 6.07) is 9.34. The Morgan fingerprint density at radius 1 is 1.36 bits per heavy atom. The molecule has 1 fully saturated rings. The van der Waals surface area contributed by atoms with Crippen molar-refractivity contribution >= 4 is 27.3 Å². The minimum atomic E-state index is -0.865. The van der Waals surface area contributed by atoms with E-state index < -0.39 is 11.4 Å². The van der Waals surface area contributed by atoms with Gasteiger partial charge in [0.15, 0.2) is 0 Å². The van der Waals surface area contributed by atoms with E-state index >= 15 is 0 Å². The lowest BCUT2D eigenvalue weighted by Gasteiger charge is -2.22. The normalized spacial score (nSPS) is 16.6. The number of nitrogens with one attached hydrogen (secondary N) is 1. The Kier molecular flexibility index (Phi) is 5.08. The summed E-state index contributed by atoms with van der Waals surface area (Å²) in [5.41, 5.74) is 0.367. The van der Waals surface area contributed by atoms with Crippen molar-refractivity contribution in [3.8, 4) is 0 Å². The Bertz CT molecular complexity index is 1070. The quantitative estimate of drug-likeness (QED) is 0.709. The summed E-state index contributed by atoms with van der Waals surface area (Å²) >= 11 is 1.20. The van der Waals surface area contributed by atoms with Gasteiger partial charge in [-0.2, -0.15) is 8.91 Å². The standard InChI is InChI=1S/C19H20FN5O2S/c1-2-13-15(20)17(27)25-18(22-13)28-19(23-25)24-10-6-9-14(24)16(26)21-11-12-7-4-3-5-8-12/h3-5,7-8,14H,2,6,9-11H2,1H3,(H,21,26). The fourth-order valence-corrected chi connectivity index (χ4v) is 4.37. The first-order valence-electron chi connectivity index (χ1n) is 9.25. The van der Waals surface area contributed by atoms with E-state index in [1.54, 1.807) is 6.92 Å². The minimum Gasteiger partial charge on any atom is -0.350 e. The van der Waals surface area contributed by atoms with Gasteiger partial charge >= 0.3 is 5.56 Å². The van der Waals surface area contributed by atoms with Crippen molar-refractivity contribution in [3.63, 3.8) is 0 Å². The number of aryl methyl sites for hydroxylation is 1. The zero-order valence-corrected chi connectivity index (χ0v) is 16.2. The molecule has 0 radical (unpaired) electrons. The number of fused-ring (bicyclic) bond motifs is 1. The topological polar surface area (TPSA) is 79.6 Å². The summed E-state index contributed by atoms with van der Waals surface area (Å²) in [6.45, 7) is 2.86. The highest BCUT2D eigenvalue weighted by atomic mass is 32.1. The number of nitrogens with zero attached hydrogens (tertiary/aromatic N) is 4. The molecule has 0 spiro atoms. The van der Waals surface area contributed by atoms with Crippen molar-refractivity contribution < 1.29 is 9.18 Å². The lowest BCUT2D eigenvalue weighted by atomic mass is 10.2. The molecule has 2 aromatic heterocycles. The largest absolute Gasteiger partial charge is 0.350 e. The van der Waals surface area contributed by atoms with E-state index in [2.05, 4.69) is 15.4 Å². The third kappa shape index (κ3) is 3.37. The monoisotopic (exact) mass is 401 g/mol. The van der Waals surface area contributed by atoms with Crippen LogP contribution >= 0.6 is 11.3 Å². The van der Waals surface area contributed by atoms with Crippen LogP contribution in [0.15, 0.2) is 35.1 Å². The molecular weight excluding hydrogens is 381 g/mol. The van der Waals surface area contributed by atoms with Crippen LogP contribution in [-0.2, 0) is 17.8 Å². The van der Waals surface area contributed by atoms with E-state index in [4.69, 9.17) is 0 Å². The molecule has 3 aromatic rings. The number of carbonyl (C=O) groups is 1. The molecule has 0 saturated carbocycles. The Morgan fingerprint density at radius 2 is 2.14 bits per heavy atom. The predicted molar refractivity (Wildman–Crippen MR) is 105 cm³/mol. The second-order valence-electron chi connectivity index (χ2n) is 6.67. The molecule has 1 unspecified atom stereocenters. The van der Waals surface area contributed by atoms with Crippen LogP contribution in [-0.4, -0.2) is 33.1 Å². The van der Waals surface area contributed by atoms with E-state index in [0.29, 0.717) is 36.0 Å². The maximum atomic E-state index is 14.1. The van der Waals surface area contributed by atoms with Crippen LogP contribution in [0, 0.1) is 5.82 Å². The lowest BCUT2D eigenvalue weighted by molar-refractivity contribution is -0.122. The summed E-state index contributed by atoms with van der Waals surface area (Å²) in [5.74, 6) is -0.947. The summed E-state index contributed by atoms with van der Waals surface area (Å²) in [5, 5.41) is 7.72. The van der Waals surface area contributed by atoms with E-state index in [9.17, 15) is 14.0 Å². The average molecular weight is 401 g/mol. The van der Waals surface area contributed by atoms with Gasteiger partial charge < -0.3 is 10.2 Å². The van der Waals surface area contributed by atoms with Crippen molar-refractivity contribution in [2.75, 3.05) is 11.4 Å². The molecule has 0 aliphatic carbocycles. The fraction of sp³-hybridized carbons (Fsp3) is 0.368. The molecule has 7 nitrogen and oxygen atoms in total. The number of anilines is 1. The highest BCUT2D eigenvalue weighted by molar-refractivity contribution is 7.20. The number of benzene rings is 1. The molecule has 3 heterocycles. The van der Waals surface area contributed by atoms with Gasteiger partial charge in [-0.15, -0.1) is 5.10 Å². The Balaban J connectivity index is 1.57. The number of carbonyl (C=O) groups excluding carboxylic acids is 1. The zero-order valence-electron chi connectivity index (χ0n) is 15.4. The molecular formula is C19H20FN5O2S. The van der Waals surface area contributed by atoms with Crippen LogP contribution in [0.2, 0.25) is 0 Å². The van der Waals surface area contributed by atoms with Gasteiger partial charge in [0.2, 0.25) is 21.8 Å². The maximum Gasteiger partial charge on any atom is 0.311 e. The van der Waals surface area contributed by atoms with Crippen LogP contribution in [0.25, 0.3) is 4.96 Å². The predicted octanol–water partition coefficient (Wildman–Crippen LogP) is 2.14. The van der Waals surface area contributed by atoms with Gasteiger partial charge in [-0.1, -0.05) is 48.6 Å². The van der Waals surface area contributed by atoms with Crippen molar-refractivity contribution in [1.29, 1.82) is 0 Å². The second-order valence-corrected chi connectivity index (χ2v) is 7.60. The minimum absolute atomic E-state index is 0.0821. The van der Waals surface area contributed by atoms with E-state index in [0.717, 1.165) is 16.5 Å². The van der Waals surface area contributed by atoms with Crippen molar-refractivity contribution in [1.82, 2.24) is 19.9 Å². The number of hydrogen-bond donors (Lipinski definition) is 1. The number of hydrogen-bond acceptors (Lipinski definition) is 6. The van der Waals surface area contributed by atoms with Gasteiger partial charge in [0.1, 0.15) is 6.04 Å². The number of aromatic nitrogens is 3. The molecule has 9 heteroatoms. The first kappa shape index (κ1) is 18.5. The van der Waals surface area contributed by atoms with Gasteiger partial charge in [0.25, 0.3) is 0 Å². The molecule has 1 N–H and O–H groups in total. The van der Waals surface area contributed by atoms with Gasteiger partial charge in [0, 0.05) is 13.1 Å².